The molecule has 1 heterocycles. The summed E-state index contributed by atoms with van der Waals surface area (Å²) < 4.78 is 7.34. The van der Waals surface area contributed by atoms with Crippen LogP contribution in [0, 0.1) is 0 Å². The van der Waals surface area contributed by atoms with Crippen molar-refractivity contribution in [3.05, 3.63) is 52.2 Å². The van der Waals surface area contributed by atoms with Gasteiger partial charge in [0.25, 0.3) is 0 Å². The van der Waals surface area contributed by atoms with Crippen molar-refractivity contribution in [2.24, 2.45) is 0 Å². The summed E-state index contributed by atoms with van der Waals surface area (Å²) in [5.74, 6) is 0.866. The van der Waals surface area contributed by atoms with E-state index in [1.54, 1.807) is 7.11 Å². The quantitative estimate of drug-likeness (QED) is 0.609. The van der Waals surface area contributed by atoms with Crippen LogP contribution in [0.5, 0.6) is 5.75 Å². The normalized spacial score (nSPS) is 19.9. The van der Waals surface area contributed by atoms with Crippen molar-refractivity contribution in [2.75, 3.05) is 13.7 Å². The summed E-state index contributed by atoms with van der Waals surface area (Å²) >= 11 is 0. The van der Waals surface area contributed by atoms with Gasteiger partial charge in [-0.15, -0.1) is 0 Å². The van der Waals surface area contributed by atoms with Gasteiger partial charge in [-0.3, -0.25) is 4.79 Å². The van der Waals surface area contributed by atoms with Crippen LogP contribution in [0.4, 0.5) is 0 Å². The molecule has 0 aliphatic heterocycles. The minimum atomic E-state index is -0.808. The highest BCUT2D eigenvalue weighted by molar-refractivity contribution is 5.92. The van der Waals surface area contributed by atoms with Crippen LogP contribution in [-0.2, 0) is 22.2 Å². The summed E-state index contributed by atoms with van der Waals surface area (Å²) in [6, 6.07) is 9.87. The number of aliphatic hydroxyl groups is 2. The van der Waals surface area contributed by atoms with E-state index in [2.05, 4.69) is 48.9 Å². The first-order chi connectivity index (χ1) is 15.2. The Balaban J connectivity index is 1.58. The average Bonchev–Trinajstić information content (AvgIpc) is 3.50. The minimum absolute atomic E-state index is 0.0721. The number of benzene rings is 1. The SMILES string of the molecule is COc1ccc(C2(C(=O)NC3C=c4cc(C(C)(C)C)n(C[C@@H](O)CO)c4=CC3)CC2)cc1. The molecule has 6 heteroatoms. The van der Waals surface area contributed by atoms with Crippen molar-refractivity contribution in [3.63, 3.8) is 0 Å². The topological polar surface area (TPSA) is 83.7 Å². The van der Waals surface area contributed by atoms with E-state index in [0.717, 1.165) is 40.4 Å². The van der Waals surface area contributed by atoms with Crippen LogP contribution in [0.3, 0.4) is 0 Å². The van der Waals surface area contributed by atoms with Crippen LogP contribution >= 0.6 is 0 Å². The van der Waals surface area contributed by atoms with Gasteiger partial charge in [-0.2, -0.15) is 0 Å². The van der Waals surface area contributed by atoms with Gasteiger partial charge in [0.1, 0.15) is 5.75 Å². The number of aliphatic hydroxyl groups excluding tert-OH is 2. The molecule has 0 radical (unpaired) electrons. The number of carbonyl (C=O) groups excluding carboxylic acids is 1. The molecule has 0 bridgehead atoms. The molecule has 1 aromatic carbocycles. The standard InChI is InChI=1S/C26H34N2O4/c1-25(2,3)23-14-17-13-19(7-10-22(17)28(23)15-20(30)16-29)27-24(31)26(11-12-26)18-5-8-21(32-4)9-6-18/h5-6,8-10,13-14,19-20,29-30H,7,11-12,15-16H2,1-4H3,(H,27,31)/t19?,20-/m1/s1. The van der Waals surface area contributed by atoms with Crippen LogP contribution < -0.4 is 20.6 Å². The number of methoxy groups -OCH3 is 1. The van der Waals surface area contributed by atoms with Gasteiger partial charge < -0.3 is 24.8 Å². The Kier molecular flexibility index (Phi) is 5.94. The number of carbonyl (C=O) groups is 1. The number of nitrogens with zero attached hydrogens (tertiary/aromatic N) is 1. The molecule has 32 heavy (non-hydrogen) atoms. The summed E-state index contributed by atoms with van der Waals surface area (Å²) in [6.45, 7) is 6.49. The van der Waals surface area contributed by atoms with Crippen LogP contribution in [0.2, 0.25) is 0 Å². The van der Waals surface area contributed by atoms with E-state index in [1.165, 1.54) is 0 Å². The second-order valence-electron chi connectivity index (χ2n) is 10.1. The molecule has 3 N–H and O–H groups in total. The number of fused-ring (bicyclic) bond motifs is 1. The summed E-state index contributed by atoms with van der Waals surface area (Å²) in [5, 5.41) is 24.8. The lowest BCUT2D eigenvalue weighted by molar-refractivity contribution is -0.123. The number of rotatable bonds is 7. The predicted molar refractivity (Wildman–Crippen MR) is 125 cm³/mol. The molecule has 1 aromatic heterocycles. The Morgan fingerprint density at radius 2 is 1.97 bits per heavy atom. The van der Waals surface area contributed by atoms with E-state index in [0.29, 0.717) is 13.0 Å². The van der Waals surface area contributed by atoms with Crippen LogP contribution in [0.1, 0.15) is 51.3 Å². The van der Waals surface area contributed by atoms with E-state index in [9.17, 15) is 15.0 Å². The fraction of sp³-hybridized carbons (Fsp3) is 0.500. The molecule has 2 atom stereocenters. The second kappa shape index (κ2) is 8.41. The molecule has 2 aromatic rings. The van der Waals surface area contributed by atoms with Crippen molar-refractivity contribution in [3.8, 4) is 5.75 Å². The molecule has 4 rings (SSSR count). The maximum Gasteiger partial charge on any atom is 0.231 e. The van der Waals surface area contributed by atoms with E-state index in [1.807, 2.05) is 24.3 Å². The zero-order chi connectivity index (χ0) is 23.1. The minimum Gasteiger partial charge on any atom is -0.497 e. The van der Waals surface area contributed by atoms with E-state index < -0.39 is 11.5 Å². The lowest BCUT2D eigenvalue weighted by Gasteiger charge is -2.23. The Bertz CT molecular complexity index is 1100. The molecule has 1 fully saturated rings. The van der Waals surface area contributed by atoms with Gasteiger partial charge in [-0.25, -0.2) is 0 Å². The number of amides is 1. The highest BCUT2D eigenvalue weighted by atomic mass is 16.5. The second-order valence-corrected chi connectivity index (χ2v) is 10.1. The first-order valence-electron chi connectivity index (χ1n) is 11.3. The molecule has 1 amide bonds. The first kappa shape index (κ1) is 22.6. The molecular weight excluding hydrogens is 404 g/mol. The maximum absolute atomic E-state index is 13.2. The molecule has 0 saturated heterocycles. The van der Waals surface area contributed by atoms with Crippen molar-refractivity contribution in [1.29, 1.82) is 0 Å². The Morgan fingerprint density at radius 3 is 2.53 bits per heavy atom. The van der Waals surface area contributed by atoms with Gasteiger partial charge in [-0.1, -0.05) is 45.1 Å². The van der Waals surface area contributed by atoms with Gasteiger partial charge >= 0.3 is 0 Å². The van der Waals surface area contributed by atoms with Crippen molar-refractivity contribution >= 4 is 18.1 Å². The number of hydrogen-bond donors (Lipinski definition) is 3. The number of nitrogens with one attached hydrogen (secondary N) is 1. The molecule has 2 aliphatic rings. The number of ether oxygens (including phenoxy) is 1. The fourth-order valence-electron chi connectivity index (χ4n) is 4.65. The van der Waals surface area contributed by atoms with Gasteiger partial charge in [0, 0.05) is 16.5 Å². The van der Waals surface area contributed by atoms with Crippen LogP contribution in [-0.4, -0.2) is 46.5 Å². The van der Waals surface area contributed by atoms with Crippen LogP contribution in [0.25, 0.3) is 12.2 Å². The summed E-state index contributed by atoms with van der Waals surface area (Å²) in [4.78, 5) is 13.2. The highest BCUT2D eigenvalue weighted by Gasteiger charge is 2.51. The molecule has 2 aliphatic carbocycles. The highest BCUT2D eigenvalue weighted by Crippen LogP contribution is 2.48. The third kappa shape index (κ3) is 4.21. The van der Waals surface area contributed by atoms with Gasteiger partial charge in [0.05, 0.1) is 37.8 Å². The van der Waals surface area contributed by atoms with Gasteiger partial charge in [0.2, 0.25) is 5.91 Å². The largest absolute Gasteiger partial charge is 0.497 e. The van der Waals surface area contributed by atoms with Crippen molar-refractivity contribution in [1.82, 2.24) is 9.88 Å². The molecule has 6 nitrogen and oxygen atoms in total. The zero-order valence-electron chi connectivity index (χ0n) is 19.4. The third-order valence-electron chi connectivity index (χ3n) is 6.63. The van der Waals surface area contributed by atoms with E-state index in [4.69, 9.17) is 4.74 Å². The monoisotopic (exact) mass is 438 g/mol. The number of hydrogen-bond acceptors (Lipinski definition) is 4. The Hall–Kier alpha value is -2.57. The lowest BCUT2D eigenvalue weighted by Crippen LogP contribution is -2.45. The summed E-state index contributed by atoms with van der Waals surface area (Å²) in [6.07, 6.45) is 5.85. The average molecular weight is 439 g/mol. The van der Waals surface area contributed by atoms with E-state index >= 15 is 0 Å². The van der Waals surface area contributed by atoms with Crippen molar-refractivity contribution < 1.29 is 19.7 Å². The van der Waals surface area contributed by atoms with Gasteiger partial charge in [-0.05, 0) is 48.2 Å². The Morgan fingerprint density at radius 1 is 1.28 bits per heavy atom. The lowest BCUT2D eigenvalue weighted by atomic mass is 9.92. The third-order valence-corrected chi connectivity index (χ3v) is 6.63. The van der Waals surface area contributed by atoms with Crippen molar-refractivity contribution in [2.45, 2.75) is 69.6 Å². The predicted octanol–water partition coefficient (Wildman–Crippen LogP) is 1.33. The van der Waals surface area contributed by atoms with Crippen LogP contribution in [0.15, 0.2) is 30.3 Å². The number of aromatic nitrogens is 1. The summed E-state index contributed by atoms with van der Waals surface area (Å²) in [7, 11) is 1.64. The maximum atomic E-state index is 13.2. The van der Waals surface area contributed by atoms with Gasteiger partial charge in [0.15, 0.2) is 0 Å². The summed E-state index contributed by atoms with van der Waals surface area (Å²) in [5.41, 5.74) is 1.59. The smallest absolute Gasteiger partial charge is 0.231 e. The molecule has 1 saturated carbocycles. The molecule has 172 valence electrons. The molecular formula is C26H34N2O4. The molecule has 1 unspecified atom stereocenters. The zero-order valence-corrected chi connectivity index (χ0v) is 19.4. The fourth-order valence-corrected chi connectivity index (χ4v) is 4.65. The van der Waals surface area contributed by atoms with E-state index in [-0.39, 0.29) is 24.0 Å². The first-order valence-corrected chi connectivity index (χ1v) is 11.3. The molecule has 0 spiro atoms. The Labute approximate surface area is 189 Å².